The first-order valence-corrected chi connectivity index (χ1v) is 14.3. The predicted octanol–water partition coefficient (Wildman–Crippen LogP) is 5.78. The van der Waals surface area contributed by atoms with Crippen molar-refractivity contribution in [1.29, 1.82) is 0 Å². The van der Waals surface area contributed by atoms with Crippen LogP contribution in [-0.2, 0) is 20.7 Å². The fourth-order valence-corrected chi connectivity index (χ4v) is 4.31. The number of nitrogens with one attached hydrogen (secondary N) is 2. The number of rotatable bonds is 14. The van der Waals surface area contributed by atoms with E-state index < -0.39 is 23.8 Å². The van der Waals surface area contributed by atoms with Gasteiger partial charge >= 0.3 is 6.09 Å². The summed E-state index contributed by atoms with van der Waals surface area (Å²) in [4.78, 5) is 42.5. The third-order valence-electron chi connectivity index (χ3n) is 6.34. The van der Waals surface area contributed by atoms with Gasteiger partial charge in [-0.25, -0.2) is 4.79 Å². The van der Waals surface area contributed by atoms with Gasteiger partial charge in [-0.1, -0.05) is 81.5 Å². The molecule has 0 aliphatic carbocycles. The van der Waals surface area contributed by atoms with Gasteiger partial charge < -0.3 is 20.3 Å². The zero-order valence-corrected chi connectivity index (χ0v) is 24.7. The van der Waals surface area contributed by atoms with Crippen LogP contribution in [-0.4, -0.2) is 47.5 Å². The van der Waals surface area contributed by atoms with E-state index in [1.807, 2.05) is 37.3 Å². The van der Waals surface area contributed by atoms with Crippen LogP contribution >= 0.6 is 0 Å². The number of unbranched alkanes of at least 4 members (excludes halogenated alkanes) is 3. The molecule has 0 saturated heterocycles. The SMILES string of the molecule is C#Cc1ccc(C(C(=O)NCCCCC)N(CCCC)C(=O)C(Cc2ccccc2)NC(=O)OC(C)(C)C)cc1. The Kier molecular flexibility index (Phi) is 13.2. The summed E-state index contributed by atoms with van der Waals surface area (Å²) in [6, 6.07) is 14.8. The zero-order chi connectivity index (χ0) is 29.5. The molecule has 2 rings (SSSR count). The highest BCUT2D eigenvalue weighted by Crippen LogP contribution is 2.25. The second-order valence-electron chi connectivity index (χ2n) is 10.9. The Morgan fingerprint density at radius 1 is 0.950 bits per heavy atom. The summed E-state index contributed by atoms with van der Waals surface area (Å²) in [6.07, 6.45) is 9.53. The summed E-state index contributed by atoms with van der Waals surface area (Å²) in [5.41, 5.74) is 1.50. The number of hydrogen-bond acceptors (Lipinski definition) is 4. The molecule has 0 saturated carbocycles. The van der Waals surface area contributed by atoms with Crippen LogP contribution in [0.2, 0.25) is 0 Å². The molecule has 0 radical (unpaired) electrons. The van der Waals surface area contributed by atoms with E-state index in [0.717, 1.165) is 31.2 Å². The molecule has 2 aromatic carbocycles. The number of nitrogens with zero attached hydrogens (tertiary/aromatic N) is 1. The van der Waals surface area contributed by atoms with E-state index in [2.05, 4.69) is 23.5 Å². The van der Waals surface area contributed by atoms with Crippen molar-refractivity contribution in [3.05, 3.63) is 71.3 Å². The van der Waals surface area contributed by atoms with Crippen LogP contribution in [0.1, 0.15) is 89.5 Å². The third-order valence-corrected chi connectivity index (χ3v) is 6.34. The van der Waals surface area contributed by atoms with Gasteiger partial charge in [-0.3, -0.25) is 9.59 Å². The number of hydrogen-bond donors (Lipinski definition) is 2. The lowest BCUT2D eigenvalue weighted by molar-refractivity contribution is -0.142. The first-order valence-electron chi connectivity index (χ1n) is 14.3. The van der Waals surface area contributed by atoms with Crippen molar-refractivity contribution in [1.82, 2.24) is 15.5 Å². The Bertz CT molecular complexity index is 1120. The quantitative estimate of drug-likeness (QED) is 0.232. The molecule has 2 N–H and O–H groups in total. The lowest BCUT2D eigenvalue weighted by Gasteiger charge is -2.34. The zero-order valence-electron chi connectivity index (χ0n) is 24.7. The predicted molar refractivity (Wildman–Crippen MR) is 160 cm³/mol. The van der Waals surface area contributed by atoms with Gasteiger partial charge in [0.1, 0.15) is 17.7 Å². The minimum atomic E-state index is -0.936. The maximum Gasteiger partial charge on any atom is 0.408 e. The molecule has 2 unspecified atom stereocenters. The number of terminal acetylenes is 1. The van der Waals surface area contributed by atoms with Crippen molar-refractivity contribution in [3.8, 4) is 12.3 Å². The molecule has 0 bridgehead atoms. The van der Waals surface area contributed by atoms with Crippen molar-refractivity contribution in [2.24, 2.45) is 0 Å². The first-order chi connectivity index (χ1) is 19.1. The van der Waals surface area contributed by atoms with E-state index in [0.29, 0.717) is 30.6 Å². The van der Waals surface area contributed by atoms with Crippen LogP contribution in [0.25, 0.3) is 0 Å². The number of amides is 3. The Labute approximate surface area is 240 Å². The molecule has 0 spiro atoms. The Morgan fingerprint density at radius 3 is 2.17 bits per heavy atom. The van der Waals surface area contributed by atoms with Crippen LogP contribution in [0.4, 0.5) is 4.79 Å². The number of carbonyl (C=O) groups excluding carboxylic acids is 3. The number of ether oxygens (including phenoxy) is 1. The second kappa shape index (κ2) is 16.3. The third kappa shape index (κ3) is 10.8. The molecule has 2 atom stereocenters. The van der Waals surface area contributed by atoms with E-state index in [-0.39, 0.29) is 18.2 Å². The number of alkyl carbamates (subject to hydrolysis) is 1. The molecule has 7 heteroatoms. The van der Waals surface area contributed by atoms with Crippen LogP contribution in [0, 0.1) is 12.3 Å². The molecule has 0 heterocycles. The minimum Gasteiger partial charge on any atom is -0.444 e. The van der Waals surface area contributed by atoms with Gasteiger partial charge in [0, 0.05) is 25.1 Å². The molecule has 3 amide bonds. The van der Waals surface area contributed by atoms with Crippen molar-refractivity contribution in [3.63, 3.8) is 0 Å². The Hall–Kier alpha value is -3.79. The van der Waals surface area contributed by atoms with Gasteiger partial charge in [0.2, 0.25) is 11.8 Å². The summed E-state index contributed by atoms with van der Waals surface area (Å²) >= 11 is 0. The Balaban J connectivity index is 2.50. The highest BCUT2D eigenvalue weighted by molar-refractivity contribution is 5.92. The molecule has 0 fully saturated rings. The highest BCUT2D eigenvalue weighted by Gasteiger charge is 2.36. The lowest BCUT2D eigenvalue weighted by Crippen LogP contribution is -2.54. The number of benzene rings is 2. The summed E-state index contributed by atoms with van der Waals surface area (Å²) < 4.78 is 5.49. The van der Waals surface area contributed by atoms with E-state index in [1.165, 1.54) is 0 Å². The molecule has 7 nitrogen and oxygen atoms in total. The van der Waals surface area contributed by atoms with Crippen LogP contribution in [0.5, 0.6) is 0 Å². The topological polar surface area (TPSA) is 87.7 Å². The van der Waals surface area contributed by atoms with Crippen molar-refractivity contribution in [2.45, 2.75) is 90.8 Å². The van der Waals surface area contributed by atoms with Crippen LogP contribution < -0.4 is 10.6 Å². The van der Waals surface area contributed by atoms with Crippen LogP contribution in [0.15, 0.2) is 54.6 Å². The molecule has 40 heavy (non-hydrogen) atoms. The van der Waals surface area contributed by atoms with E-state index in [4.69, 9.17) is 11.2 Å². The second-order valence-corrected chi connectivity index (χ2v) is 10.9. The monoisotopic (exact) mass is 547 g/mol. The standard InChI is InChI=1S/C33H45N3O4/c1-7-10-15-22-34-30(37)29(27-20-18-25(9-3)19-21-27)36(23-11-8-2)31(38)28(24-26-16-13-12-14-17-26)35-32(39)40-33(4,5)6/h3,12-14,16-21,28-29H,7-8,10-11,15,22-24H2,1-2,4-6H3,(H,34,37)(H,35,39). The smallest absolute Gasteiger partial charge is 0.408 e. The summed E-state index contributed by atoms with van der Waals surface area (Å²) in [6.45, 7) is 10.3. The molecule has 0 aliphatic rings. The van der Waals surface area contributed by atoms with Gasteiger partial charge in [0.15, 0.2) is 0 Å². The van der Waals surface area contributed by atoms with Gasteiger partial charge in [-0.15, -0.1) is 6.42 Å². The normalized spacial score (nSPS) is 12.5. The van der Waals surface area contributed by atoms with E-state index >= 15 is 0 Å². The fraction of sp³-hybridized carbons (Fsp3) is 0.485. The maximum atomic E-state index is 14.3. The number of carbonyl (C=O) groups is 3. The van der Waals surface area contributed by atoms with Gasteiger partial charge in [-0.2, -0.15) is 0 Å². The summed E-state index contributed by atoms with van der Waals surface area (Å²) in [5, 5.41) is 5.82. The van der Waals surface area contributed by atoms with Gasteiger partial charge in [0.05, 0.1) is 0 Å². The molecule has 216 valence electrons. The van der Waals surface area contributed by atoms with Gasteiger partial charge in [0.25, 0.3) is 0 Å². The molecule has 2 aromatic rings. The van der Waals surface area contributed by atoms with E-state index in [9.17, 15) is 14.4 Å². The highest BCUT2D eigenvalue weighted by atomic mass is 16.6. The molecular weight excluding hydrogens is 502 g/mol. The molecule has 0 aromatic heterocycles. The van der Waals surface area contributed by atoms with E-state index in [1.54, 1.807) is 49.9 Å². The average molecular weight is 548 g/mol. The van der Waals surface area contributed by atoms with Crippen molar-refractivity contribution in [2.75, 3.05) is 13.1 Å². The van der Waals surface area contributed by atoms with Crippen molar-refractivity contribution < 1.29 is 19.1 Å². The first kappa shape index (κ1) is 32.4. The maximum absolute atomic E-state index is 14.3. The fourth-order valence-electron chi connectivity index (χ4n) is 4.31. The van der Waals surface area contributed by atoms with Crippen LogP contribution in [0.3, 0.4) is 0 Å². The summed E-state index contributed by atoms with van der Waals surface area (Å²) in [5.74, 6) is 1.99. The summed E-state index contributed by atoms with van der Waals surface area (Å²) in [7, 11) is 0. The molecular formula is C33H45N3O4. The largest absolute Gasteiger partial charge is 0.444 e. The average Bonchev–Trinajstić information content (AvgIpc) is 2.92. The van der Waals surface area contributed by atoms with Crippen molar-refractivity contribution >= 4 is 17.9 Å². The lowest BCUT2D eigenvalue weighted by atomic mass is 9.99. The van der Waals surface area contributed by atoms with Gasteiger partial charge in [-0.05, 0) is 56.9 Å². The molecule has 0 aliphatic heterocycles. The minimum absolute atomic E-state index is 0.252. The Morgan fingerprint density at radius 2 is 1.60 bits per heavy atom.